The van der Waals surface area contributed by atoms with Gasteiger partial charge in [-0.2, -0.15) is 0 Å². The van der Waals surface area contributed by atoms with Gasteiger partial charge in [-0.15, -0.1) is 0 Å². The monoisotopic (exact) mass is 196 g/mol. The number of hydrogen-bond donors (Lipinski definition) is 1. The largest absolute Gasteiger partial charge is 0.472 e. The van der Waals surface area contributed by atoms with Crippen molar-refractivity contribution in [2.45, 2.75) is 32.4 Å². The first-order chi connectivity index (χ1) is 6.53. The van der Waals surface area contributed by atoms with Crippen LogP contribution in [-0.4, -0.2) is 24.0 Å². The van der Waals surface area contributed by atoms with E-state index in [1.807, 2.05) is 6.07 Å². The van der Waals surface area contributed by atoms with Crippen LogP contribution in [0.4, 0.5) is 0 Å². The Bertz CT molecular complexity index is 254. The summed E-state index contributed by atoms with van der Waals surface area (Å²) in [4.78, 5) is 2.22. The Morgan fingerprint density at radius 2 is 2.29 bits per heavy atom. The highest BCUT2D eigenvalue weighted by molar-refractivity contribution is 5.04. The molecule has 0 aliphatic rings. The summed E-state index contributed by atoms with van der Waals surface area (Å²) in [5.74, 6) is 0. The van der Waals surface area contributed by atoms with Crippen molar-refractivity contribution < 1.29 is 4.42 Å². The first-order valence-corrected chi connectivity index (χ1v) is 5.02. The van der Waals surface area contributed by atoms with Crippen LogP contribution in [0.1, 0.15) is 25.8 Å². The Balaban J connectivity index is 2.40. The third kappa shape index (κ3) is 3.52. The zero-order valence-electron chi connectivity index (χ0n) is 9.29. The first kappa shape index (κ1) is 11.3. The number of rotatable bonds is 5. The third-order valence-electron chi connectivity index (χ3n) is 2.47. The van der Waals surface area contributed by atoms with Gasteiger partial charge in [-0.3, -0.25) is 0 Å². The lowest BCUT2D eigenvalue weighted by atomic mass is 10.00. The van der Waals surface area contributed by atoms with Crippen LogP contribution in [0.2, 0.25) is 0 Å². The summed E-state index contributed by atoms with van der Waals surface area (Å²) in [6.45, 7) is 5.99. The minimum Gasteiger partial charge on any atom is -0.472 e. The number of likely N-dealkylation sites (N-methyl/N-ethyl adjacent to an activating group) is 1. The second-order valence-corrected chi connectivity index (χ2v) is 4.31. The van der Waals surface area contributed by atoms with E-state index >= 15 is 0 Å². The van der Waals surface area contributed by atoms with E-state index in [0.29, 0.717) is 0 Å². The molecule has 0 saturated heterocycles. The highest BCUT2D eigenvalue weighted by Gasteiger charge is 2.18. The van der Waals surface area contributed by atoms with E-state index < -0.39 is 0 Å². The summed E-state index contributed by atoms with van der Waals surface area (Å²) in [5, 5.41) is 0. The molecule has 1 aromatic rings. The highest BCUT2D eigenvalue weighted by Crippen LogP contribution is 2.09. The van der Waals surface area contributed by atoms with Gasteiger partial charge in [0.05, 0.1) is 12.5 Å². The van der Waals surface area contributed by atoms with Crippen LogP contribution in [0.25, 0.3) is 0 Å². The van der Waals surface area contributed by atoms with Gasteiger partial charge in [0.15, 0.2) is 0 Å². The molecule has 0 radical (unpaired) electrons. The molecular weight excluding hydrogens is 176 g/mol. The topological polar surface area (TPSA) is 42.4 Å². The molecule has 0 aliphatic carbocycles. The van der Waals surface area contributed by atoms with Gasteiger partial charge in [-0.25, -0.2) is 0 Å². The van der Waals surface area contributed by atoms with Crippen molar-refractivity contribution in [3.05, 3.63) is 24.2 Å². The summed E-state index contributed by atoms with van der Waals surface area (Å²) < 4.78 is 5.01. The van der Waals surface area contributed by atoms with Gasteiger partial charge in [-0.05, 0) is 26.5 Å². The van der Waals surface area contributed by atoms with Gasteiger partial charge >= 0.3 is 0 Å². The van der Waals surface area contributed by atoms with Crippen molar-refractivity contribution in [3.8, 4) is 0 Å². The van der Waals surface area contributed by atoms with Gasteiger partial charge in [0.2, 0.25) is 0 Å². The lowest BCUT2D eigenvalue weighted by Crippen LogP contribution is -2.45. The van der Waals surface area contributed by atoms with Crippen LogP contribution >= 0.6 is 0 Å². The maximum Gasteiger partial charge on any atom is 0.0947 e. The Kier molecular flexibility index (Phi) is 3.72. The zero-order valence-corrected chi connectivity index (χ0v) is 9.29. The molecule has 3 nitrogen and oxygen atoms in total. The van der Waals surface area contributed by atoms with Crippen molar-refractivity contribution in [2.24, 2.45) is 5.73 Å². The third-order valence-corrected chi connectivity index (χ3v) is 2.47. The molecule has 0 aliphatic heterocycles. The van der Waals surface area contributed by atoms with Crippen molar-refractivity contribution in [2.75, 3.05) is 13.6 Å². The summed E-state index contributed by atoms with van der Waals surface area (Å²) in [6.07, 6.45) is 4.46. The van der Waals surface area contributed by atoms with E-state index in [4.69, 9.17) is 10.2 Å². The number of furan rings is 1. The highest BCUT2D eigenvalue weighted by atomic mass is 16.3. The van der Waals surface area contributed by atoms with E-state index in [-0.39, 0.29) is 5.54 Å². The standard InChI is InChI=1S/C11H20N2O/c1-4-11(2,12)9-13(3)7-10-5-6-14-8-10/h5-6,8H,4,7,9,12H2,1-3H3. The van der Waals surface area contributed by atoms with Crippen molar-refractivity contribution in [3.63, 3.8) is 0 Å². The average Bonchev–Trinajstić information content (AvgIpc) is 2.55. The van der Waals surface area contributed by atoms with Crippen LogP contribution in [0.3, 0.4) is 0 Å². The molecular formula is C11H20N2O. The van der Waals surface area contributed by atoms with E-state index in [1.54, 1.807) is 12.5 Å². The van der Waals surface area contributed by atoms with E-state index in [9.17, 15) is 0 Å². The van der Waals surface area contributed by atoms with Gasteiger partial charge in [0, 0.05) is 24.2 Å². The lowest BCUT2D eigenvalue weighted by Gasteiger charge is -2.28. The maximum absolute atomic E-state index is 6.08. The van der Waals surface area contributed by atoms with Gasteiger partial charge in [-0.1, -0.05) is 6.92 Å². The minimum absolute atomic E-state index is 0.0987. The molecule has 0 bridgehead atoms. The van der Waals surface area contributed by atoms with Gasteiger partial charge < -0.3 is 15.1 Å². The SMILES string of the molecule is CCC(C)(N)CN(C)Cc1ccoc1. The fraction of sp³-hybridized carbons (Fsp3) is 0.636. The molecule has 14 heavy (non-hydrogen) atoms. The van der Waals surface area contributed by atoms with Crippen molar-refractivity contribution in [1.82, 2.24) is 4.90 Å². The summed E-state index contributed by atoms with van der Waals surface area (Å²) >= 11 is 0. The maximum atomic E-state index is 6.08. The second-order valence-electron chi connectivity index (χ2n) is 4.31. The van der Waals surface area contributed by atoms with E-state index in [0.717, 1.165) is 19.5 Å². The normalized spacial score (nSPS) is 15.8. The lowest BCUT2D eigenvalue weighted by molar-refractivity contribution is 0.246. The van der Waals surface area contributed by atoms with Crippen LogP contribution in [-0.2, 0) is 6.54 Å². The van der Waals surface area contributed by atoms with Crippen molar-refractivity contribution >= 4 is 0 Å². The van der Waals surface area contributed by atoms with Gasteiger partial charge in [0.1, 0.15) is 0 Å². The molecule has 0 spiro atoms. The molecule has 1 aromatic heterocycles. The number of nitrogens with two attached hydrogens (primary N) is 1. The smallest absolute Gasteiger partial charge is 0.0947 e. The molecule has 1 atom stereocenters. The van der Waals surface area contributed by atoms with Gasteiger partial charge in [0.25, 0.3) is 0 Å². The molecule has 2 N–H and O–H groups in total. The molecule has 0 saturated carbocycles. The van der Waals surface area contributed by atoms with E-state index in [1.165, 1.54) is 5.56 Å². The quantitative estimate of drug-likeness (QED) is 0.781. The zero-order chi connectivity index (χ0) is 10.6. The number of hydrogen-bond acceptors (Lipinski definition) is 3. The molecule has 1 rings (SSSR count). The molecule has 0 aromatic carbocycles. The molecule has 0 amide bonds. The predicted octanol–water partition coefficient (Wildman–Crippen LogP) is 1.84. The Morgan fingerprint density at radius 3 is 2.79 bits per heavy atom. The summed E-state index contributed by atoms with van der Waals surface area (Å²) in [5.41, 5.74) is 7.18. The molecule has 80 valence electrons. The van der Waals surface area contributed by atoms with Crippen molar-refractivity contribution in [1.29, 1.82) is 0 Å². The summed E-state index contributed by atoms with van der Waals surface area (Å²) in [7, 11) is 2.08. The molecule has 0 fully saturated rings. The molecule has 1 unspecified atom stereocenters. The Labute approximate surface area is 85.9 Å². The Hall–Kier alpha value is -0.800. The van der Waals surface area contributed by atoms with E-state index in [2.05, 4.69) is 25.8 Å². The Morgan fingerprint density at radius 1 is 1.57 bits per heavy atom. The second kappa shape index (κ2) is 4.62. The number of nitrogens with zero attached hydrogens (tertiary/aromatic N) is 1. The summed E-state index contributed by atoms with van der Waals surface area (Å²) in [6, 6.07) is 1.98. The minimum atomic E-state index is -0.0987. The molecule has 3 heteroatoms. The first-order valence-electron chi connectivity index (χ1n) is 5.02. The van der Waals surface area contributed by atoms with Crippen LogP contribution in [0.5, 0.6) is 0 Å². The van der Waals surface area contributed by atoms with Crippen LogP contribution in [0.15, 0.2) is 23.0 Å². The molecule has 1 heterocycles. The fourth-order valence-electron chi connectivity index (χ4n) is 1.48. The average molecular weight is 196 g/mol. The van der Waals surface area contributed by atoms with Crippen LogP contribution < -0.4 is 5.73 Å². The predicted molar refractivity (Wildman–Crippen MR) is 57.9 cm³/mol. The fourth-order valence-corrected chi connectivity index (χ4v) is 1.48. The van der Waals surface area contributed by atoms with Crippen LogP contribution in [0, 0.1) is 0 Å².